The van der Waals surface area contributed by atoms with Crippen LogP contribution in [0.3, 0.4) is 0 Å². The SMILES string of the molecule is Cc1ncc(CO)c(-c2nc(-c3ccc(F)cc3)c(-c3ccc(F)cc3)[nH]2)c1O. The van der Waals surface area contributed by atoms with E-state index in [-0.39, 0.29) is 24.0 Å². The number of nitrogens with zero attached hydrogens (tertiary/aromatic N) is 2. The Labute approximate surface area is 165 Å². The summed E-state index contributed by atoms with van der Waals surface area (Å²) in [5.41, 5.74) is 3.51. The largest absolute Gasteiger partial charge is 0.505 e. The zero-order valence-electron chi connectivity index (χ0n) is 15.4. The Morgan fingerprint density at radius 3 is 2.10 bits per heavy atom. The topological polar surface area (TPSA) is 82.0 Å². The second-order valence-corrected chi connectivity index (χ2v) is 6.57. The van der Waals surface area contributed by atoms with Gasteiger partial charge in [0.05, 0.1) is 29.3 Å². The molecule has 4 rings (SSSR count). The molecule has 5 nitrogen and oxygen atoms in total. The first kappa shape index (κ1) is 18.8. The molecule has 0 bridgehead atoms. The van der Waals surface area contributed by atoms with Gasteiger partial charge in [0, 0.05) is 22.9 Å². The third kappa shape index (κ3) is 3.48. The van der Waals surface area contributed by atoms with Gasteiger partial charge < -0.3 is 15.2 Å². The third-order valence-electron chi connectivity index (χ3n) is 4.68. The summed E-state index contributed by atoms with van der Waals surface area (Å²) in [4.78, 5) is 11.8. The smallest absolute Gasteiger partial charge is 0.148 e. The van der Waals surface area contributed by atoms with Crippen molar-refractivity contribution in [3.05, 3.63) is 77.6 Å². The van der Waals surface area contributed by atoms with Crippen molar-refractivity contribution in [1.29, 1.82) is 0 Å². The molecule has 2 heterocycles. The Morgan fingerprint density at radius 2 is 1.52 bits per heavy atom. The number of rotatable bonds is 4. The number of pyridine rings is 1. The van der Waals surface area contributed by atoms with Gasteiger partial charge in [0.25, 0.3) is 0 Å². The summed E-state index contributed by atoms with van der Waals surface area (Å²) in [5.74, 6) is -0.531. The molecule has 7 heteroatoms. The Bertz CT molecular complexity index is 1110. The first-order valence-corrected chi connectivity index (χ1v) is 8.88. The normalized spacial score (nSPS) is 11.0. The van der Waals surface area contributed by atoms with Crippen molar-refractivity contribution in [3.8, 4) is 39.7 Å². The number of nitrogens with one attached hydrogen (secondary N) is 1. The molecule has 29 heavy (non-hydrogen) atoms. The molecule has 4 aromatic rings. The Morgan fingerprint density at radius 1 is 0.931 bits per heavy atom. The predicted molar refractivity (Wildman–Crippen MR) is 105 cm³/mol. The highest BCUT2D eigenvalue weighted by atomic mass is 19.1. The lowest BCUT2D eigenvalue weighted by Crippen LogP contribution is -1.96. The summed E-state index contributed by atoms with van der Waals surface area (Å²) in [7, 11) is 0. The highest BCUT2D eigenvalue weighted by Gasteiger charge is 2.21. The molecule has 0 spiro atoms. The van der Waals surface area contributed by atoms with Crippen LogP contribution in [0.1, 0.15) is 11.3 Å². The van der Waals surface area contributed by atoms with E-state index in [2.05, 4.69) is 15.0 Å². The van der Waals surface area contributed by atoms with E-state index >= 15 is 0 Å². The van der Waals surface area contributed by atoms with Crippen molar-refractivity contribution in [2.45, 2.75) is 13.5 Å². The second-order valence-electron chi connectivity index (χ2n) is 6.57. The number of hydrogen-bond acceptors (Lipinski definition) is 4. The van der Waals surface area contributed by atoms with Gasteiger partial charge in [0.2, 0.25) is 0 Å². The molecule has 3 N–H and O–H groups in total. The lowest BCUT2D eigenvalue weighted by Gasteiger charge is -2.09. The van der Waals surface area contributed by atoms with Gasteiger partial charge in [-0.3, -0.25) is 4.98 Å². The lowest BCUT2D eigenvalue weighted by atomic mass is 10.1. The first-order chi connectivity index (χ1) is 14.0. The number of halogens is 2. The maximum absolute atomic E-state index is 13.4. The molecular formula is C22H17F2N3O2. The fraction of sp³-hybridized carbons (Fsp3) is 0.0909. The molecule has 0 radical (unpaired) electrons. The van der Waals surface area contributed by atoms with Gasteiger partial charge in [-0.1, -0.05) is 0 Å². The van der Waals surface area contributed by atoms with Crippen molar-refractivity contribution < 1.29 is 19.0 Å². The van der Waals surface area contributed by atoms with E-state index in [4.69, 9.17) is 0 Å². The molecule has 0 unspecified atom stereocenters. The lowest BCUT2D eigenvalue weighted by molar-refractivity contribution is 0.281. The molecule has 0 atom stereocenters. The third-order valence-corrected chi connectivity index (χ3v) is 4.68. The molecule has 0 aliphatic heterocycles. The number of aromatic amines is 1. The number of aliphatic hydroxyl groups excluding tert-OH is 1. The van der Waals surface area contributed by atoms with Crippen LogP contribution in [-0.2, 0) is 6.61 Å². The van der Waals surface area contributed by atoms with E-state index in [0.29, 0.717) is 45.2 Å². The van der Waals surface area contributed by atoms with E-state index in [0.717, 1.165) is 0 Å². The highest BCUT2D eigenvalue weighted by Crippen LogP contribution is 2.38. The van der Waals surface area contributed by atoms with Gasteiger partial charge in [-0.25, -0.2) is 13.8 Å². The van der Waals surface area contributed by atoms with E-state index in [1.807, 2.05) is 0 Å². The average molecular weight is 393 g/mol. The van der Waals surface area contributed by atoms with Gasteiger partial charge in [-0.15, -0.1) is 0 Å². The van der Waals surface area contributed by atoms with Crippen LogP contribution in [0.2, 0.25) is 0 Å². The van der Waals surface area contributed by atoms with Crippen LogP contribution in [0, 0.1) is 18.6 Å². The summed E-state index contributed by atoms with van der Waals surface area (Å²) in [5, 5.41) is 20.2. The molecular weight excluding hydrogens is 376 g/mol. The second kappa shape index (κ2) is 7.44. The Balaban J connectivity index is 1.97. The van der Waals surface area contributed by atoms with Gasteiger partial charge in [0.15, 0.2) is 0 Å². The number of aromatic nitrogens is 3. The van der Waals surface area contributed by atoms with Crippen LogP contribution in [0.5, 0.6) is 5.75 Å². The van der Waals surface area contributed by atoms with Crippen LogP contribution in [0.25, 0.3) is 33.9 Å². The zero-order valence-corrected chi connectivity index (χ0v) is 15.4. The number of aliphatic hydroxyl groups is 1. The highest BCUT2D eigenvalue weighted by molar-refractivity contribution is 5.82. The van der Waals surface area contributed by atoms with Crippen molar-refractivity contribution in [2.24, 2.45) is 0 Å². The van der Waals surface area contributed by atoms with E-state index in [1.54, 1.807) is 31.2 Å². The molecule has 0 aliphatic rings. The van der Waals surface area contributed by atoms with Gasteiger partial charge in [-0.05, 0) is 55.5 Å². The minimum atomic E-state index is -0.377. The van der Waals surface area contributed by atoms with E-state index < -0.39 is 0 Å². The van der Waals surface area contributed by atoms with Crippen LogP contribution in [-0.4, -0.2) is 25.2 Å². The van der Waals surface area contributed by atoms with E-state index in [1.165, 1.54) is 30.5 Å². The number of aryl methyl sites for hydroxylation is 1. The number of imidazole rings is 1. The number of H-pyrrole nitrogens is 1. The monoisotopic (exact) mass is 393 g/mol. The minimum Gasteiger partial charge on any atom is -0.505 e. The van der Waals surface area contributed by atoms with E-state index in [9.17, 15) is 19.0 Å². The van der Waals surface area contributed by atoms with Crippen LogP contribution in [0.4, 0.5) is 8.78 Å². The Hall–Kier alpha value is -3.58. The summed E-state index contributed by atoms with van der Waals surface area (Å²) >= 11 is 0. The molecule has 0 aliphatic carbocycles. The molecule has 0 saturated heterocycles. The quantitative estimate of drug-likeness (QED) is 0.474. The first-order valence-electron chi connectivity index (χ1n) is 8.88. The predicted octanol–water partition coefficient (Wildman–Crippen LogP) is 4.59. The van der Waals surface area contributed by atoms with Gasteiger partial charge >= 0.3 is 0 Å². The fourth-order valence-electron chi connectivity index (χ4n) is 3.15. The fourth-order valence-corrected chi connectivity index (χ4v) is 3.15. The molecule has 0 fully saturated rings. The van der Waals surface area contributed by atoms with Crippen molar-refractivity contribution in [3.63, 3.8) is 0 Å². The average Bonchev–Trinajstić information content (AvgIpc) is 3.16. The van der Waals surface area contributed by atoms with Gasteiger partial charge in [0.1, 0.15) is 23.2 Å². The van der Waals surface area contributed by atoms with Crippen LogP contribution < -0.4 is 0 Å². The molecule has 2 aromatic heterocycles. The Kier molecular flexibility index (Phi) is 4.82. The van der Waals surface area contributed by atoms with Crippen molar-refractivity contribution in [1.82, 2.24) is 15.0 Å². The number of benzene rings is 2. The summed E-state index contributed by atoms with van der Waals surface area (Å²) in [6.07, 6.45) is 1.47. The van der Waals surface area contributed by atoms with Crippen LogP contribution >= 0.6 is 0 Å². The molecule has 0 amide bonds. The maximum Gasteiger partial charge on any atom is 0.148 e. The summed E-state index contributed by atoms with van der Waals surface area (Å²) in [6, 6.07) is 11.7. The number of aromatic hydroxyl groups is 1. The van der Waals surface area contributed by atoms with Crippen molar-refractivity contribution >= 4 is 0 Å². The number of hydrogen-bond donors (Lipinski definition) is 3. The maximum atomic E-state index is 13.4. The van der Waals surface area contributed by atoms with Gasteiger partial charge in [-0.2, -0.15) is 0 Å². The molecule has 0 saturated carbocycles. The molecule has 146 valence electrons. The molecule has 2 aromatic carbocycles. The van der Waals surface area contributed by atoms with Crippen LogP contribution in [0.15, 0.2) is 54.7 Å². The summed E-state index contributed by atoms with van der Waals surface area (Å²) in [6.45, 7) is 1.30. The zero-order chi connectivity index (χ0) is 20.5. The van der Waals surface area contributed by atoms with Crippen molar-refractivity contribution in [2.75, 3.05) is 0 Å². The standard InChI is InChI=1S/C22H17F2N3O2/c1-12-21(29)18(15(11-28)10-25-12)22-26-19(13-2-6-16(23)7-3-13)20(27-22)14-4-8-17(24)9-5-14/h2-10,28-29H,11H2,1H3,(H,26,27). The summed E-state index contributed by atoms with van der Waals surface area (Å²) < 4.78 is 26.8. The minimum absolute atomic E-state index is 0.0957.